The summed E-state index contributed by atoms with van der Waals surface area (Å²) in [4.78, 5) is 31.8. The van der Waals surface area contributed by atoms with E-state index in [-0.39, 0.29) is 12.1 Å². The third-order valence-electron chi connectivity index (χ3n) is 3.69. The van der Waals surface area contributed by atoms with Gasteiger partial charge in [-0.2, -0.15) is 10.3 Å². The van der Waals surface area contributed by atoms with Crippen molar-refractivity contribution in [1.82, 2.24) is 9.96 Å². The Morgan fingerprint density at radius 3 is 2.45 bits per heavy atom. The van der Waals surface area contributed by atoms with E-state index < -0.39 is 23.2 Å². The van der Waals surface area contributed by atoms with Crippen LogP contribution in [0.15, 0.2) is 0 Å². The Kier molecular flexibility index (Phi) is 4.09. The van der Waals surface area contributed by atoms with E-state index in [9.17, 15) is 9.59 Å². The van der Waals surface area contributed by atoms with E-state index in [1.54, 1.807) is 34.6 Å². The summed E-state index contributed by atoms with van der Waals surface area (Å²) in [7, 11) is 0. The fraction of sp³-hybridized carbons (Fsp3) is 0.800. The molecule has 0 aromatic heterocycles. The zero-order valence-electron chi connectivity index (χ0n) is 13.8. The van der Waals surface area contributed by atoms with Crippen LogP contribution >= 0.6 is 0 Å². The van der Waals surface area contributed by atoms with Crippen LogP contribution in [0, 0.1) is 11.3 Å². The van der Waals surface area contributed by atoms with Gasteiger partial charge in [0, 0.05) is 6.54 Å². The number of urea groups is 1. The standard InChI is InChI=1S/C15H23N3O4/c1-14(2,3)21-12(19)15(4,5)22-18-11-7-6-10(8-16)17(9-11)13(18)20/h10-11H,6-7,9H2,1-5H3/t10-,11+/m0/s1. The predicted molar refractivity (Wildman–Crippen MR) is 77.4 cm³/mol. The maximum atomic E-state index is 12.4. The summed E-state index contributed by atoms with van der Waals surface area (Å²) in [6.45, 7) is 8.94. The van der Waals surface area contributed by atoms with Crippen LogP contribution in [0.2, 0.25) is 0 Å². The molecule has 2 heterocycles. The molecule has 2 bridgehead atoms. The number of carbonyl (C=O) groups is 2. The van der Waals surface area contributed by atoms with Crippen LogP contribution in [0.5, 0.6) is 0 Å². The summed E-state index contributed by atoms with van der Waals surface area (Å²) in [5.74, 6) is -0.527. The van der Waals surface area contributed by atoms with E-state index >= 15 is 0 Å². The summed E-state index contributed by atoms with van der Waals surface area (Å²) in [5, 5.41) is 10.3. The first-order chi connectivity index (χ1) is 10.0. The summed E-state index contributed by atoms with van der Waals surface area (Å²) in [6, 6.07) is 1.23. The number of piperidine rings is 1. The molecule has 0 radical (unpaired) electrons. The molecular formula is C15H23N3O4. The first-order valence-electron chi connectivity index (χ1n) is 7.47. The molecule has 7 nitrogen and oxygen atoms in total. The Balaban J connectivity index is 2.09. The lowest BCUT2D eigenvalue weighted by Gasteiger charge is -2.32. The van der Waals surface area contributed by atoms with E-state index in [0.717, 1.165) is 0 Å². The van der Waals surface area contributed by atoms with Crippen molar-refractivity contribution >= 4 is 12.0 Å². The van der Waals surface area contributed by atoms with Gasteiger partial charge in [0.15, 0.2) is 5.60 Å². The van der Waals surface area contributed by atoms with Crippen LogP contribution in [0.4, 0.5) is 4.79 Å². The van der Waals surface area contributed by atoms with E-state index in [0.29, 0.717) is 19.4 Å². The van der Waals surface area contributed by atoms with Gasteiger partial charge < -0.3 is 9.64 Å². The SMILES string of the molecule is CC(C)(C)OC(=O)C(C)(C)ON1C(=O)N2C[C@H]1CC[C@H]2C#N. The van der Waals surface area contributed by atoms with Gasteiger partial charge in [-0.15, -0.1) is 0 Å². The number of hydroxylamine groups is 2. The van der Waals surface area contributed by atoms with Gasteiger partial charge in [-0.05, 0) is 47.5 Å². The molecular weight excluding hydrogens is 286 g/mol. The summed E-state index contributed by atoms with van der Waals surface area (Å²) >= 11 is 0. The largest absolute Gasteiger partial charge is 0.458 e. The smallest absolute Gasteiger partial charge is 0.345 e. The maximum absolute atomic E-state index is 12.4. The molecule has 2 rings (SSSR count). The third-order valence-corrected chi connectivity index (χ3v) is 3.69. The van der Waals surface area contributed by atoms with Gasteiger partial charge in [-0.25, -0.2) is 9.59 Å². The van der Waals surface area contributed by atoms with E-state index in [4.69, 9.17) is 14.8 Å². The Morgan fingerprint density at radius 1 is 1.27 bits per heavy atom. The number of fused-ring (bicyclic) bond motifs is 2. The van der Waals surface area contributed by atoms with Crippen molar-refractivity contribution in [2.45, 2.75) is 70.7 Å². The first kappa shape index (κ1) is 16.6. The number of amides is 2. The number of nitriles is 1. The number of nitrogens with zero attached hydrogens (tertiary/aromatic N) is 3. The number of carbonyl (C=O) groups excluding carboxylic acids is 2. The first-order valence-corrected chi connectivity index (χ1v) is 7.47. The van der Waals surface area contributed by atoms with Gasteiger partial charge in [0.1, 0.15) is 11.6 Å². The molecule has 2 saturated heterocycles. The molecule has 0 unspecified atom stereocenters. The minimum Gasteiger partial charge on any atom is -0.458 e. The molecule has 0 aliphatic carbocycles. The molecule has 22 heavy (non-hydrogen) atoms. The highest BCUT2D eigenvalue weighted by Crippen LogP contribution is 2.32. The minimum absolute atomic E-state index is 0.126. The summed E-state index contributed by atoms with van der Waals surface area (Å²) < 4.78 is 5.33. The number of hydrogen-bond acceptors (Lipinski definition) is 5. The average Bonchev–Trinajstić information content (AvgIpc) is 2.62. The highest BCUT2D eigenvalue weighted by Gasteiger charge is 2.49. The van der Waals surface area contributed by atoms with Crippen molar-refractivity contribution in [3.8, 4) is 6.07 Å². The lowest BCUT2D eigenvalue weighted by Crippen LogP contribution is -2.48. The van der Waals surface area contributed by atoms with E-state index in [1.807, 2.05) is 0 Å². The Bertz CT molecular complexity index is 518. The molecule has 122 valence electrons. The average molecular weight is 309 g/mol. The molecule has 2 fully saturated rings. The van der Waals surface area contributed by atoms with Crippen LogP contribution in [-0.2, 0) is 14.4 Å². The molecule has 2 amide bonds. The predicted octanol–water partition coefficient (Wildman–Crippen LogP) is 1.83. The second-order valence-corrected chi connectivity index (χ2v) is 7.24. The number of ether oxygens (including phenoxy) is 1. The van der Waals surface area contributed by atoms with Crippen LogP contribution in [0.3, 0.4) is 0 Å². The van der Waals surface area contributed by atoms with Crippen molar-refractivity contribution in [2.24, 2.45) is 0 Å². The van der Waals surface area contributed by atoms with E-state index in [1.165, 1.54) is 9.96 Å². The van der Waals surface area contributed by atoms with Gasteiger partial charge in [0.05, 0.1) is 12.1 Å². The molecule has 2 aliphatic heterocycles. The maximum Gasteiger partial charge on any atom is 0.345 e. The van der Waals surface area contributed by atoms with Gasteiger partial charge in [-0.3, -0.25) is 4.84 Å². The topological polar surface area (TPSA) is 82.9 Å². The second kappa shape index (κ2) is 5.43. The summed E-state index contributed by atoms with van der Waals surface area (Å²) in [5.41, 5.74) is -1.90. The number of hydrogen-bond donors (Lipinski definition) is 0. The molecule has 0 aromatic carbocycles. The fourth-order valence-corrected chi connectivity index (χ4v) is 2.57. The van der Waals surface area contributed by atoms with Gasteiger partial charge >= 0.3 is 12.0 Å². The lowest BCUT2D eigenvalue weighted by atomic mass is 10.0. The van der Waals surface area contributed by atoms with Gasteiger partial charge in [-0.1, -0.05) is 0 Å². The second-order valence-electron chi connectivity index (χ2n) is 7.24. The fourth-order valence-electron chi connectivity index (χ4n) is 2.57. The zero-order chi connectivity index (χ0) is 16.7. The third kappa shape index (κ3) is 3.17. The van der Waals surface area contributed by atoms with Crippen LogP contribution in [-0.4, -0.2) is 51.8 Å². The zero-order valence-corrected chi connectivity index (χ0v) is 13.8. The van der Waals surface area contributed by atoms with Crippen molar-refractivity contribution in [3.05, 3.63) is 0 Å². The number of rotatable bonds is 3. The molecule has 0 spiro atoms. The normalized spacial score (nSPS) is 25.2. The van der Waals surface area contributed by atoms with Crippen LogP contribution in [0.1, 0.15) is 47.5 Å². The van der Waals surface area contributed by atoms with Crippen molar-refractivity contribution < 1.29 is 19.2 Å². The van der Waals surface area contributed by atoms with Crippen molar-refractivity contribution in [1.29, 1.82) is 5.26 Å². The molecule has 2 atom stereocenters. The van der Waals surface area contributed by atoms with Gasteiger partial charge in [0.25, 0.3) is 0 Å². The Hall–Kier alpha value is -1.81. The molecule has 0 N–H and O–H groups in total. The minimum atomic E-state index is -1.27. The monoisotopic (exact) mass is 309 g/mol. The molecule has 2 aliphatic rings. The van der Waals surface area contributed by atoms with Crippen molar-refractivity contribution in [2.75, 3.05) is 6.54 Å². The Labute approximate surface area is 130 Å². The van der Waals surface area contributed by atoms with Gasteiger partial charge in [0.2, 0.25) is 0 Å². The molecule has 0 saturated carbocycles. The van der Waals surface area contributed by atoms with Crippen molar-refractivity contribution in [3.63, 3.8) is 0 Å². The lowest BCUT2D eigenvalue weighted by molar-refractivity contribution is -0.231. The number of esters is 1. The highest BCUT2D eigenvalue weighted by atomic mass is 16.7. The summed E-state index contributed by atoms with van der Waals surface area (Å²) in [6.07, 6.45) is 1.31. The van der Waals surface area contributed by atoms with Crippen LogP contribution in [0.25, 0.3) is 0 Å². The quantitative estimate of drug-likeness (QED) is 0.743. The molecule has 0 aromatic rings. The molecule has 7 heteroatoms. The highest BCUT2D eigenvalue weighted by molar-refractivity contribution is 5.80. The van der Waals surface area contributed by atoms with Crippen LogP contribution < -0.4 is 0 Å². The Morgan fingerprint density at radius 2 is 1.91 bits per heavy atom. The van der Waals surface area contributed by atoms with E-state index in [2.05, 4.69) is 6.07 Å².